The Hall–Kier alpha value is -2.77. The lowest BCUT2D eigenvalue weighted by molar-refractivity contribution is -0.129. The first kappa shape index (κ1) is 21.1. The van der Waals surface area contributed by atoms with Gasteiger partial charge < -0.3 is 9.64 Å². The molecule has 0 unspecified atom stereocenters. The fraction of sp³-hybridized carbons (Fsp3) is 0.333. The van der Waals surface area contributed by atoms with Crippen molar-refractivity contribution in [2.24, 2.45) is 0 Å². The molecule has 0 saturated carbocycles. The first-order chi connectivity index (χ1) is 15.4. The molecule has 0 saturated heterocycles. The highest BCUT2D eigenvalue weighted by Gasteiger charge is 2.40. The number of methoxy groups -OCH3 is 1. The maximum absolute atomic E-state index is 14.6. The monoisotopic (exact) mass is 457 g/mol. The highest BCUT2D eigenvalue weighted by atomic mass is 35.5. The van der Waals surface area contributed by atoms with Crippen LogP contribution in [0.5, 0.6) is 0 Å². The number of fused-ring (bicyclic) bond motifs is 2. The summed E-state index contributed by atoms with van der Waals surface area (Å²) in [6.07, 6.45) is 0.537. The molecule has 2 aromatic carbocycles. The molecular formula is C24H22ClF2N3O2. The number of ether oxygens (including phenoxy) is 1. The van der Waals surface area contributed by atoms with E-state index in [0.717, 1.165) is 22.9 Å². The molecule has 32 heavy (non-hydrogen) atoms. The Morgan fingerprint density at radius 3 is 2.75 bits per heavy atom. The molecule has 2 atom stereocenters. The number of halogens is 3. The van der Waals surface area contributed by atoms with Crippen LogP contribution in [0.2, 0.25) is 5.02 Å². The summed E-state index contributed by atoms with van der Waals surface area (Å²) in [7, 11) is 1.57. The summed E-state index contributed by atoms with van der Waals surface area (Å²) >= 11 is 6.24. The van der Waals surface area contributed by atoms with Crippen LogP contribution in [-0.4, -0.2) is 40.3 Å². The van der Waals surface area contributed by atoms with Gasteiger partial charge in [0.25, 0.3) is 0 Å². The standard InChI is InChI=1S/C24H22ClF2N3O2/c1-13(31)29-7-6-21-19(12-29)23(14-4-3-5-15(25)8-14)28-30(21)24-18-9-16(26)10-20(27)17(18)11-22(24)32-2/h3-5,8-10,22,24H,6-7,11-12H2,1-2H3/t22-,24-/m1/s1. The zero-order valence-corrected chi connectivity index (χ0v) is 18.5. The van der Waals surface area contributed by atoms with Gasteiger partial charge >= 0.3 is 0 Å². The fourth-order valence-corrected chi connectivity index (χ4v) is 5.12. The van der Waals surface area contributed by atoms with Crippen LogP contribution in [0.4, 0.5) is 8.78 Å². The summed E-state index contributed by atoms with van der Waals surface area (Å²) in [5.74, 6) is -1.20. The number of nitrogens with zero attached hydrogens (tertiary/aromatic N) is 3. The summed E-state index contributed by atoms with van der Waals surface area (Å²) in [6, 6.07) is 9.20. The smallest absolute Gasteiger partial charge is 0.219 e. The summed E-state index contributed by atoms with van der Waals surface area (Å²) in [5.41, 5.74) is 4.42. The Morgan fingerprint density at radius 1 is 1.22 bits per heavy atom. The Kier molecular flexibility index (Phi) is 5.26. The van der Waals surface area contributed by atoms with Gasteiger partial charge in [0, 0.05) is 67.9 Å². The molecule has 166 valence electrons. The van der Waals surface area contributed by atoms with Gasteiger partial charge in [-0.15, -0.1) is 0 Å². The fourth-order valence-electron chi connectivity index (χ4n) is 4.93. The second-order valence-electron chi connectivity index (χ2n) is 8.30. The number of rotatable bonds is 3. The van der Waals surface area contributed by atoms with Gasteiger partial charge in [0.05, 0.1) is 11.8 Å². The van der Waals surface area contributed by atoms with Crippen molar-refractivity contribution in [3.05, 3.63) is 75.4 Å². The van der Waals surface area contributed by atoms with Gasteiger partial charge in [-0.05, 0) is 29.3 Å². The molecular weight excluding hydrogens is 436 g/mol. The molecule has 1 amide bonds. The molecule has 2 heterocycles. The van der Waals surface area contributed by atoms with E-state index in [1.54, 1.807) is 25.0 Å². The molecule has 0 bridgehead atoms. The zero-order valence-electron chi connectivity index (χ0n) is 17.7. The van der Waals surface area contributed by atoms with Gasteiger partial charge in [-0.2, -0.15) is 5.10 Å². The normalized spacial score (nSPS) is 19.7. The lowest BCUT2D eigenvalue weighted by Crippen LogP contribution is -2.35. The largest absolute Gasteiger partial charge is 0.379 e. The highest BCUT2D eigenvalue weighted by molar-refractivity contribution is 6.30. The Balaban J connectivity index is 1.71. The van der Waals surface area contributed by atoms with Gasteiger partial charge in [0.1, 0.15) is 17.7 Å². The van der Waals surface area contributed by atoms with Crippen LogP contribution in [0.25, 0.3) is 11.3 Å². The average molecular weight is 458 g/mol. The predicted molar refractivity (Wildman–Crippen MR) is 116 cm³/mol. The number of carbonyl (C=O) groups excluding carboxylic acids is 1. The van der Waals surface area contributed by atoms with Crippen LogP contribution in [0, 0.1) is 11.6 Å². The Bertz CT molecular complexity index is 1230. The molecule has 8 heteroatoms. The molecule has 1 aliphatic heterocycles. The number of aromatic nitrogens is 2. The van der Waals surface area contributed by atoms with Gasteiger partial charge in [0.15, 0.2) is 0 Å². The summed E-state index contributed by atoms with van der Waals surface area (Å²) in [4.78, 5) is 13.9. The van der Waals surface area contributed by atoms with Gasteiger partial charge in [-0.25, -0.2) is 8.78 Å². The van der Waals surface area contributed by atoms with Crippen LogP contribution in [0.1, 0.15) is 35.3 Å². The molecule has 0 N–H and O–H groups in total. The van der Waals surface area contributed by atoms with E-state index in [4.69, 9.17) is 21.4 Å². The first-order valence-electron chi connectivity index (χ1n) is 10.5. The third kappa shape index (κ3) is 3.40. The second-order valence-corrected chi connectivity index (χ2v) is 8.73. The van der Waals surface area contributed by atoms with Crippen molar-refractivity contribution in [3.63, 3.8) is 0 Å². The van der Waals surface area contributed by atoms with Crippen LogP contribution >= 0.6 is 11.6 Å². The molecule has 2 aliphatic rings. The maximum Gasteiger partial charge on any atom is 0.219 e. The summed E-state index contributed by atoms with van der Waals surface area (Å²) in [5, 5.41) is 5.51. The van der Waals surface area contributed by atoms with E-state index in [9.17, 15) is 13.6 Å². The van der Waals surface area contributed by atoms with Crippen molar-refractivity contribution in [2.45, 2.75) is 38.5 Å². The number of hydrogen-bond donors (Lipinski definition) is 0. The van der Waals surface area contributed by atoms with E-state index >= 15 is 0 Å². The Labute approximate surface area is 189 Å². The van der Waals surface area contributed by atoms with Crippen molar-refractivity contribution in [1.29, 1.82) is 0 Å². The SMILES string of the molecule is CO[C@@H]1Cc2c(F)cc(F)cc2[C@H]1n1nc(-c2cccc(Cl)c2)c2c1CCN(C(C)=O)C2. The predicted octanol–water partition coefficient (Wildman–Crippen LogP) is 4.55. The van der Waals surface area contributed by atoms with E-state index < -0.39 is 17.7 Å². The highest BCUT2D eigenvalue weighted by Crippen LogP contribution is 2.41. The third-order valence-corrected chi connectivity index (χ3v) is 6.70. The van der Waals surface area contributed by atoms with Gasteiger partial charge in [0.2, 0.25) is 5.91 Å². The minimum Gasteiger partial charge on any atom is -0.379 e. The van der Waals surface area contributed by atoms with E-state index in [0.29, 0.717) is 47.8 Å². The van der Waals surface area contributed by atoms with Crippen molar-refractivity contribution < 1.29 is 18.3 Å². The van der Waals surface area contributed by atoms with Crippen LogP contribution in [0.15, 0.2) is 36.4 Å². The average Bonchev–Trinajstić information content (AvgIpc) is 3.31. The first-order valence-corrected chi connectivity index (χ1v) is 10.9. The van der Waals surface area contributed by atoms with E-state index in [-0.39, 0.29) is 12.0 Å². The number of carbonyl (C=O) groups is 1. The lowest BCUT2D eigenvalue weighted by atomic mass is 10.00. The van der Waals surface area contributed by atoms with Crippen LogP contribution in [-0.2, 0) is 28.9 Å². The molecule has 1 aromatic heterocycles. The molecule has 0 fully saturated rings. The van der Waals surface area contributed by atoms with Crippen molar-refractivity contribution in [1.82, 2.24) is 14.7 Å². The lowest BCUT2D eigenvalue weighted by Gasteiger charge is -2.29. The summed E-state index contributed by atoms with van der Waals surface area (Å²) < 4.78 is 36.3. The quantitative estimate of drug-likeness (QED) is 0.580. The summed E-state index contributed by atoms with van der Waals surface area (Å²) in [6.45, 7) is 2.52. The molecule has 5 rings (SSSR count). The van der Waals surface area contributed by atoms with Crippen molar-refractivity contribution in [3.8, 4) is 11.3 Å². The minimum absolute atomic E-state index is 0.00873. The Morgan fingerprint density at radius 2 is 2.03 bits per heavy atom. The topological polar surface area (TPSA) is 47.4 Å². The minimum atomic E-state index is -0.623. The van der Waals surface area contributed by atoms with Gasteiger partial charge in [-0.1, -0.05) is 23.7 Å². The molecule has 5 nitrogen and oxygen atoms in total. The van der Waals surface area contributed by atoms with E-state index in [2.05, 4.69) is 0 Å². The molecule has 3 aromatic rings. The van der Waals surface area contributed by atoms with E-state index in [1.807, 2.05) is 22.9 Å². The van der Waals surface area contributed by atoms with Gasteiger partial charge in [-0.3, -0.25) is 9.48 Å². The maximum atomic E-state index is 14.6. The van der Waals surface area contributed by atoms with Crippen molar-refractivity contribution >= 4 is 17.5 Å². The second kappa shape index (κ2) is 7.98. The van der Waals surface area contributed by atoms with E-state index in [1.165, 1.54) is 6.07 Å². The molecule has 1 aliphatic carbocycles. The van der Waals surface area contributed by atoms with Crippen LogP contribution in [0.3, 0.4) is 0 Å². The number of hydrogen-bond acceptors (Lipinski definition) is 3. The molecule has 0 radical (unpaired) electrons. The van der Waals surface area contributed by atoms with Crippen molar-refractivity contribution in [2.75, 3.05) is 13.7 Å². The number of amides is 1. The van der Waals surface area contributed by atoms with Crippen LogP contribution < -0.4 is 0 Å². The zero-order chi connectivity index (χ0) is 22.6. The third-order valence-electron chi connectivity index (χ3n) is 6.47. The molecule has 0 spiro atoms. The number of benzene rings is 2.